The number of hydrogen-bond acceptors (Lipinski definition) is 4. The average molecular weight is 639 g/mol. The van der Waals surface area contributed by atoms with Crippen molar-refractivity contribution < 1.29 is 18.0 Å². The molecule has 0 aromatic heterocycles. The van der Waals surface area contributed by atoms with Crippen LogP contribution in [0, 0.1) is 13.8 Å². The highest BCUT2D eigenvalue weighted by atomic mass is 35.5. The second-order valence-electron chi connectivity index (χ2n) is 9.73. The molecule has 0 heterocycles. The fourth-order valence-corrected chi connectivity index (χ4v) is 6.27. The van der Waals surface area contributed by atoms with Gasteiger partial charge in [-0.2, -0.15) is 0 Å². The second kappa shape index (κ2) is 14.4. The lowest BCUT2D eigenvalue weighted by atomic mass is 10.1. The van der Waals surface area contributed by atoms with Crippen molar-refractivity contribution >= 4 is 62.3 Å². The quantitative estimate of drug-likeness (QED) is 0.237. The van der Waals surface area contributed by atoms with E-state index < -0.39 is 28.5 Å². The molecule has 0 fully saturated rings. The van der Waals surface area contributed by atoms with Gasteiger partial charge in [0, 0.05) is 28.2 Å². The Balaban J connectivity index is 2.10. The predicted octanol–water partition coefficient (Wildman–Crippen LogP) is 6.79. The maximum Gasteiger partial charge on any atom is 0.264 e. The van der Waals surface area contributed by atoms with E-state index in [0.717, 1.165) is 21.9 Å². The number of anilines is 1. The van der Waals surface area contributed by atoms with Gasteiger partial charge in [-0.25, -0.2) is 8.42 Å². The average Bonchev–Trinajstić information content (AvgIpc) is 2.93. The molecule has 0 spiro atoms. The molecule has 0 aliphatic heterocycles. The van der Waals surface area contributed by atoms with Gasteiger partial charge in [0.2, 0.25) is 11.8 Å². The van der Waals surface area contributed by atoms with Crippen molar-refractivity contribution in [3.05, 3.63) is 92.4 Å². The molecule has 0 aliphatic rings. The Morgan fingerprint density at radius 2 is 1.59 bits per heavy atom. The minimum atomic E-state index is -4.20. The molecule has 0 bridgehead atoms. The summed E-state index contributed by atoms with van der Waals surface area (Å²) < 4.78 is 28.9. The summed E-state index contributed by atoms with van der Waals surface area (Å²) in [4.78, 5) is 28.7. The van der Waals surface area contributed by atoms with Crippen LogP contribution in [0.25, 0.3) is 0 Å². The number of nitrogens with zero attached hydrogens (tertiary/aromatic N) is 2. The molecule has 0 saturated heterocycles. The van der Waals surface area contributed by atoms with E-state index in [0.29, 0.717) is 33.6 Å². The molecule has 3 aromatic carbocycles. The van der Waals surface area contributed by atoms with Gasteiger partial charge in [0.05, 0.1) is 10.6 Å². The molecule has 3 aromatic rings. The molecule has 0 aliphatic carbocycles. The summed E-state index contributed by atoms with van der Waals surface area (Å²) in [6, 6.07) is 15.2. The lowest BCUT2D eigenvalue weighted by Crippen LogP contribution is -2.52. The van der Waals surface area contributed by atoms with Gasteiger partial charge in [0.1, 0.15) is 12.6 Å². The monoisotopic (exact) mass is 637 g/mol. The van der Waals surface area contributed by atoms with Gasteiger partial charge in [0.15, 0.2) is 0 Å². The maximum atomic E-state index is 14.1. The Kier molecular flexibility index (Phi) is 11.5. The predicted molar refractivity (Wildman–Crippen MR) is 166 cm³/mol. The van der Waals surface area contributed by atoms with Gasteiger partial charge >= 0.3 is 0 Å². The molecule has 0 unspecified atom stereocenters. The SMILES string of the molecule is CCCNC(=O)[C@H](CC)N(Cc1ccc(Cl)cc1Cl)C(=O)CN(c1ccc(C)c(Cl)c1)S(=O)(=O)c1ccc(C)cc1. The van der Waals surface area contributed by atoms with Crippen LogP contribution in [0.15, 0.2) is 65.6 Å². The van der Waals surface area contributed by atoms with Crippen LogP contribution in [0.1, 0.15) is 43.4 Å². The number of rotatable bonds is 12. The zero-order valence-electron chi connectivity index (χ0n) is 23.5. The van der Waals surface area contributed by atoms with Gasteiger partial charge in [-0.3, -0.25) is 13.9 Å². The van der Waals surface area contributed by atoms with E-state index in [1.807, 2.05) is 13.8 Å². The molecule has 1 atom stereocenters. The van der Waals surface area contributed by atoms with Crippen LogP contribution in [-0.2, 0) is 26.2 Å². The van der Waals surface area contributed by atoms with Crippen molar-refractivity contribution in [2.24, 2.45) is 0 Å². The lowest BCUT2D eigenvalue weighted by molar-refractivity contribution is -0.140. The molecule has 3 rings (SSSR count). The summed E-state index contributed by atoms with van der Waals surface area (Å²) in [6.07, 6.45) is 1.02. The number of benzene rings is 3. The molecule has 7 nitrogen and oxygen atoms in total. The molecule has 0 saturated carbocycles. The number of aryl methyl sites for hydroxylation is 2. The van der Waals surface area contributed by atoms with Crippen LogP contribution < -0.4 is 9.62 Å². The first-order valence-electron chi connectivity index (χ1n) is 13.3. The Labute approximate surface area is 257 Å². The van der Waals surface area contributed by atoms with E-state index in [1.165, 1.54) is 23.1 Å². The van der Waals surface area contributed by atoms with Gasteiger partial charge in [0.25, 0.3) is 10.0 Å². The minimum absolute atomic E-state index is 0.0209. The van der Waals surface area contributed by atoms with Gasteiger partial charge in [-0.15, -0.1) is 0 Å². The molecular weight excluding hydrogens is 605 g/mol. The summed E-state index contributed by atoms with van der Waals surface area (Å²) in [6.45, 7) is 7.21. The fourth-order valence-electron chi connectivity index (χ4n) is 4.22. The highest BCUT2D eigenvalue weighted by Gasteiger charge is 2.34. The van der Waals surface area contributed by atoms with Crippen LogP contribution in [0.5, 0.6) is 0 Å². The summed E-state index contributed by atoms with van der Waals surface area (Å²) in [7, 11) is -4.20. The van der Waals surface area contributed by atoms with Crippen molar-refractivity contribution in [2.75, 3.05) is 17.4 Å². The molecule has 2 amide bonds. The third-order valence-electron chi connectivity index (χ3n) is 6.62. The van der Waals surface area contributed by atoms with Crippen LogP contribution in [-0.4, -0.2) is 44.3 Å². The molecule has 220 valence electrons. The smallest absolute Gasteiger partial charge is 0.264 e. The number of hydrogen-bond donors (Lipinski definition) is 1. The Morgan fingerprint density at radius 1 is 0.902 bits per heavy atom. The third kappa shape index (κ3) is 8.16. The first kappa shape index (κ1) is 32.7. The first-order chi connectivity index (χ1) is 19.4. The highest BCUT2D eigenvalue weighted by Crippen LogP contribution is 2.29. The fraction of sp³-hybridized carbons (Fsp3) is 0.333. The topological polar surface area (TPSA) is 86.8 Å². The first-order valence-corrected chi connectivity index (χ1v) is 15.8. The standard InChI is InChI=1S/C30H34Cl3N3O4S/c1-5-15-34-30(38)28(6-2)35(18-22-10-11-23(31)16-27(22)33)29(37)19-36(24-12-9-21(4)26(32)17-24)41(39,40)25-13-7-20(3)8-14-25/h7-14,16-17,28H,5-6,15,18-19H2,1-4H3,(H,34,38)/t28-/m0/s1. The van der Waals surface area contributed by atoms with E-state index in [-0.39, 0.29) is 23.0 Å². The van der Waals surface area contributed by atoms with Crippen LogP contribution in [0.2, 0.25) is 15.1 Å². The molecule has 0 radical (unpaired) electrons. The molecular formula is C30H34Cl3N3O4S. The Hall–Kier alpha value is -2.78. The number of sulfonamides is 1. The van der Waals surface area contributed by atoms with Gasteiger partial charge in [-0.1, -0.05) is 78.5 Å². The molecule has 41 heavy (non-hydrogen) atoms. The summed E-state index contributed by atoms with van der Waals surface area (Å²) in [5, 5.41) is 3.96. The zero-order valence-corrected chi connectivity index (χ0v) is 26.5. The number of amides is 2. The molecule has 11 heteroatoms. The summed E-state index contributed by atoms with van der Waals surface area (Å²) in [5.41, 5.74) is 2.44. The summed E-state index contributed by atoms with van der Waals surface area (Å²) in [5.74, 6) is -0.916. The van der Waals surface area contributed by atoms with Crippen molar-refractivity contribution in [1.29, 1.82) is 0 Å². The number of nitrogens with one attached hydrogen (secondary N) is 1. The van der Waals surface area contributed by atoms with E-state index in [9.17, 15) is 18.0 Å². The summed E-state index contributed by atoms with van der Waals surface area (Å²) >= 11 is 18.9. The van der Waals surface area contributed by atoms with E-state index >= 15 is 0 Å². The largest absolute Gasteiger partial charge is 0.354 e. The van der Waals surface area contributed by atoms with Crippen molar-refractivity contribution in [1.82, 2.24) is 10.2 Å². The van der Waals surface area contributed by atoms with E-state index in [2.05, 4.69) is 5.32 Å². The van der Waals surface area contributed by atoms with Gasteiger partial charge in [-0.05, 0) is 74.2 Å². The van der Waals surface area contributed by atoms with Crippen LogP contribution in [0.4, 0.5) is 5.69 Å². The highest BCUT2D eigenvalue weighted by molar-refractivity contribution is 7.92. The molecule has 1 N–H and O–H groups in total. The zero-order chi connectivity index (χ0) is 30.3. The van der Waals surface area contributed by atoms with E-state index in [1.54, 1.807) is 56.3 Å². The second-order valence-corrected chi connectivity index (χ2v) is 12.8. The normalized spacial score (nSPS) is 12.1. The number of carbonyl (C=O) groups is 2. The van der Waals surface area contributed by atoms with Crippen LogP contribution >= 0.6 is 34.8 Å². The van der Waals surface area contributed by atoms with Crippen molar-refractivity contribution in [3.63, 3.8) is 0 Å². The number of halogens is 3. The maximum absolute atomic E-state index is 14.1. The third-order valence-corrected chi connectivity index (χ3v) is 9.40. The van der Waals surface area contributed by atoms with E-state index in [4.69, 9.17) is 34.8 Å². The number of carbonyl (C=O) groups excluding carboxylic acids is 2. The van der Waals surface area contributed by atoms with Crippen LogP contribution in [0.3, 0.4) is 0 Å². The Morgan fingerprint density at radius 3 is 2.17 bits per heavy atom. The van der Waals surface area contributed by atoms with Crippen molar-refractivity contribution in [3.8, 4) is 0 Å². The lowest BCUT2D eigenvalue weighted by Gasteiger charge is -2.33. The van der Waals surface area contributed by atoms with Crippen molar-refractivity contribution in [2.45, 2.75) is 58.0 Å². The Bertz CT molecular complexity index is 1500. The minimum Gasteiger partial charge on any atom is -0.354 e. The van der Waals surface area contributed by atoms with Gasteiger partial charge < -0.3 is 10.2 Å².